The zero-order valence-corrected chi connectivity index (χ0v) is 11.9. The van der Waals surface area contributed by atoms with Crippen LogP contribution in [0.3, 0.4) is 0 Å². The molecule has 0 aliphatic rings. The molecule has 1 N–H and O–H groups in total. The number of benzene rings is 1. The van der Waals surface area contributed by atoms with Crippen LogP contribution in [0.1, 0.15) is 24.3 Å². The summed E-state index contributed by atoms with van der Waals surface area (Å²) in [4.78, 5) is 2.25. The van der Waals surface area contributed by atoms with Crippen LogP contribution in [0, 0.1) is 5.82 Å². The van der Waals surface area contributed by atoms with E-state index in [1.165, 1.54) is 17.0 Å². The first-order valence-electron chi connectivity index (χ1n) is 5.88. The van der Waals surface area contributed by atoms with Crippen molar-refractivity contribution in [3.05, 3.63) is 46.0 Å². The highest BCUT2D eigenvalue weighted by molar-refractivity contribution is 7.15. The maximum atomic E-state index is 13.3. The molecule has 0 amide bonds. The minimum absolute atomic E-state index is 0.259. The van der Waals surface area contributed by atoms with E-state index in [2.05, 4.69) is 18.3 Å². The molecule has 1 aromatic heterocycles. The Morgan fingerprint density at radius 3 is 2.78 bits per heavy atom. The summed E-state index contributed by atoms with van der Waals surface area (Å²) in [7, 11) is 1.95. The van der Waals surface area contributed by atoms with E-state index in [0.29, 0.717) is 11.1 Å². The normalized spacial score (nSPS) is 12.7. The summed E-state index contributed by atoms with van der Waals surface area (Å²) >= 11 is 7.76. The summed E-state index contributed by atoms with van der Waals surface area (Å²) in [6.45, 7) is 2.13. The Bertz CT molecular complexity index is 534. The van der Waals surface area contributed by atoms with Gasteiger partial charge in [-0.3, -0.25) is 0 Å². The average molecular weight is 284 g/mol. The maximum absolute atomic E-state index is 13.3. The first-order valence-corrected chi connectivity index (χ1v) is 7.07. The predicted molar refractivity (Wildman–Crippen MR) is 76.8 cm³/mol. The number of thiophene rings is 1. The van der Waals surface area contributed by atoms with Crippen LogP contribution < -0.4 is 5.32 Å². The van der Waals surface area contributed by atoms with Crippen molar-refractivity contribution in [2.75, 3.05) is 7.05 Å². The van der Waals surface area contributed by atoms with Crippen LogP contribution >= 0.6 is 22.9 Å². The van der Waals surface area contributed by atoms with Crippen molar-refractivity contribution in [3.8, 4) is 10.4 Å². The molecule has 1 atom stereocenters. The second-order valence-electron chi connectivity index (χ2n) is 4.08. The van der Waals surface area contributed by atoms with E-state index < -0.39 is 0 Å². The molecule has 96 valence electrons. The minimum Gasteiger partial charge on any atom is -0.312 e. The summed E-state index contributed by atoms with van der Waals surface area (Å²) in [5, 5.41) is 3.85. The second-order valence-corrected chi connectivity index (χ2v) is 5.60. The van der Waals surface area contributed by atoms with Gasteiger partial charge in [-0.25, -0.2) is 4.39 Å². The fraction of sp³-hybridized carbons (Fsp3) is 0.286. The van der Waals surface area contributed by atoms with E-state index in [1.54, 1.807) is 17.4 Å². The summed E-state index contributed by atoms with van der Waals surface area (Å²) in [5.74, 6) is -0.259. The quantitative estimate of drug-likeness (QED) is 0.843. The molecule has 1 unspecified atom stereocenters. The molecule has 0 aliphatic carbocycles. The van der Waals surface area contributed by atoms with Gasteiger partial charge in [0.05, 0.1) is 0 Å². The highest BCUT2D eigenvalue weighted by Gasteiger charge is 2.12. The van der Waals surface area contributed by atoms with Crippen LogP contribution in [-0.4, -0.2) is 7.05 Å². The Morgan fingerprint density at radius 2 is 2.11 bits per heavy atom. The lowest BCUT2D eigenvalue weighted by Crippen LogP contribution is -2.13. The van der Waals surface area contributed by atoms with E-state index in [1.807, 2.05) is 13.1 Å². The molecular weight excluding hydrogens is 269 g/mol. The maximum Gasteiger partial charge on any atom is 0.123 e. The van der Waals surface area contributed by atoms with E-state index in [0.717, 1.165) is 16.9 Å². The van der Waals surface area contributed by atoms with Crippen LogP contribution in [0.4, 0.5) is 4.39 Å². The van der Waals surface area contributed by atoms with Gasteiger partial charge in [0.1, 0.15) is 5.82 Å². The number of nitrogens with one attached hydrogen (secondary N) is 1. The van der Waals surface area contributed by atoms with Crippen molar-refractivity contribution >= 4 is 22.9 Å². The molecule has 2 rings (SSSR count). The molecule has 1 heterocycles. The van der Waals surface area contributed by atoms with Gasteiger partial charge in [-0.05, 0) is 43.8 Å². The number of hydrogen-bond acceptors (Lipinski definition) is 2. The van der Waals surface area contributed by atoms with Crippen molar-refractivity contribution in [2.24, 2.45) is 0 Å². The lowest BCUT2D eigenvalue weighted by atomic mass is 10.1. The van der Waals surface area contributed by atoms with Gasteiger partial charge in [0.15, 0.2) is 0 Å². The first-order chi connectivity index (χ1) is 8.65. The van der Waals surface area contributed by atoms with Crippen LogP contribution in [0.5, 0.6) is 0 Å². The zero-order chi connectivity index (χ0) is 13.1. The van der Waals surface area contributed by atoms with Crippen LogP contribution in [0.15, 0.2) is 30.3 Å². The van der Waals surface area contributed by atoms with Gasteiger partial charge in [-0.1, -0.05) is 18.5 Å². The second kappa shape index (κ2) is 5.83. The van der Waals surface area contributed by atoms with Gasteiger partial charge < -0.3 is 5.32 Å². The Morgan fingerprint density at radius 1 is 1.33 bits per heavy atom. The lowest BCUT2D eigenvalue weighted by molar-refractivity contribution is 0.586. The lowest BCUT2D eigenvalue weighted by Gasteiger charge is -2.10. The van der Waals surface area contributed by atoms with Crippen molar-refractivity contribution in [3.63, 3.8) is 0 Å². The summed E-state index contributed by atoms with van der Waals surface area (Å²) in [6.07, 6.45) is 1.02. The molecule has 0 aliphatic heterocycles. The molecule has 0 saturated heterocycles. The molecule has 0 fully saturated rings. The van der Waals surface area contributed by atoms with E-state index in [9.17, 15) is 4.39 Å². The van der Waals surface area contributed by atoms with Crippen molar-refractivity contribution in [1.29, 1.82) is 0 Å². The summed E-state index contributed by atoms with van der Waals surface area (Å²) in [6, 6.07) is 8.88. The highest BCUT2D eigenvalue weighted by Crippen LogP contribution is 2.36. The SMILES string of the molecule is CCC(NC)c1ccc(-c2cc(F)ccc2Cl)s1. The van der Waals surface area contributed by atoms with Gasteiger partial charge in [-0.2, -0.15) is 0 Å². The number of halogens is 2. The third-order valence-electron chi connectivity index (χ3n) is 2.92. The van der Waals surface area contributed by atoms with Gasteiger partial charge in [-0.15, -0.1) is 11.3 Å². The minimum atomic E-state index is -0.259. The van der Waals surface area contributed by atoms with Crippen molar-refractivity contribution in [1.82, 2.24) is 5.32 Å². The number of rotatable bonds is 4. The largest absolute Gasteiger partial charge is 0.312 e. The summed E-state index contributed by atoms with van der Waals surface area (Å²) in [5.41, 5.74) is 0.763. The fourth-order valence-electron chi connectivity index (χ4n) is 1.92. The Hall–Kier alpha value is -0.900. The molecule has 2 aromatic rings. The molecule has 4 heteroatoms. The van der Waals surface area contributed by atoms with Crippen LogP contribution in [0.25, 0.3) is 10.4 Å². The smallest absolute Gasteiger partial charge is 0.123 e. The third-order valence-corrected chi connectivity index (χ3v) is 4.48. The van der Waals surface area contributed by atoms with Crippen LogP contribution in [0.2, 0.25) is 5.02 Å². The summed E-state index contributed by atoms with van der Waals surface area (Å²) < 4.78 is 13.3. The molecule has 0 saturated carbocycles. The van der Waals surface area contributed by atoms with E-state index in [-0.39, 0.29) is 5.82 Å². The zero-order valence-electron chi connectivity index (χ0n) is 10.3. The standard InChI is InChI=1S/C14H15ClFNS/c1-3-12(17-2)14-7-6-13(18-14)10-8-9(16)4-5-11(10)15/h4-8,12,17H,3H2,1-2H3. The highest BCUT2D eigenvalue weighted by atomic mass is 35.5. The van der Waals surface area contributed by atoms with E-state index in [4.69, 9.17) is 11.6 Å². The Balaban J connectivity index is 2.37. The fourth-order valence-corrected chi connectivity index (χ4v) is 3.43. The predicted octanol–water partition coefficient (Wildman–Crippen LogP) is 4.88. The molecule has 1 aromatic carbocycles. The first kappa shape index (κ1) is 13.5. The molecule has 0 radical (unpaired) electrons. The van der Waals surface area contributed by atoms with Gasteiger partial charge in [0.2, 0.25) is 0 Å². The molecular formula is C14H15ClFNS. The van der Waals surface area contributed by atoms with Crippen LogP contribution in [-0.2, 0) is 0 Å². The van der Waals surface area contributed by atoms with Gasteiger partial charge in [0, 0.05) is 26.4 Å². The Labute approximate surface area is 116 Å². The average Bonchev–Trinajstić information content (AvgIpc) is 2.83. The van der Waals surface area contributed by atoms with Crippen molar-refractivity contribution < 1.29 is 4.39 Å². The van der Waals surface area contributed by atoms with Crippen molar-refractivity contribution in [2.45, 2.75) is 19.4 Å². The number of hydrogen-bond donors (Lipinski definition) is 1. The monoisotopic (exact) mass is 283 g/mol. The third kappa shape index (κ3) is 2.74. The molecule has 0 bridgehead atoms. The van der Waals surface area contributed by atoms with E-state index >= 15 is 0 Å². The van der Waals surface area contributed by atoms with Gasteiger partial charge >= 0.3 is 0 Å². The molecule has 1 nitrogen and oxygen atoms in total. The topological polar surface area (TPSA) is 12.0 Å². The Kier molecular flexibility index (Phi) is 4.38. The molecule has 0 spiro atoms. The van der Waals surface area contributed by atoms with Gasteiger partial charge in [0.25, 0.3) is 0 Å². The molecule has 18 heavy (non-hydrogen) atoms.